The van der Waals surface area contributed by atoms with Crippen LogP contribution in [0.5, 0.6) is 0 Å². The van der Waals surface area contributed by atoms with Gasteiger partial charge in [-0.2, -0.15) is 0 Å². The lowest BCUT2D eigenvalue weighted by Crippen LogP contribution is -2.41. The van der Waals surface area contributed by atoms with Gasteiger partial charge in [0, 0.05) is 10.5 Å². The third kappa shape index (κ3) is 3.14. The molecule has 0 aliphatic heterocycles. The Morgan fingerprint density at radius 1 is 1.33 bits per heavy atom. The first-order chi connectivity index (χ1) is 8.58. The highest BCUT2D eigenvalue weighted by Gasteiger charge is 2.23. The Morgan fingerprint density at radius 3 is 2.78 bits per heavy atom. The number of carbonyl (C=O) groups excluding carboxylic acids is 1. The lowest BCUT2D eigenvalue weighted by Gasteiger charge is -2.29. The average Bonchev–Trinajstić information content (AvgIpc) is 2.35. The first-order valence-corrected chi connectivity index (χ1v) is 7.44. The van der Waals surface area contributed by atoms with E-state index in [9.17, 15) is 4.79 Å². The fourth-order valence-corrected chi connectivity index (χ4v) is 3.02. The van der Waals surface area contributed by atoms with Crippen LogP contribution in [0.2, 0.25) is 0 Å². The largest absolute Gasteiger partial charge is 0.349 e. The van der Waals surface area contributed by atoms with E-state index in [1.165, 1.54) is 19.3 Å². The number of aryl methyl sites for hydroxylation is 1. The Hall–Kier alpha value is -0.830. The predicted molar refractivity (Wildman–Crippen MR) is 77.8 cm³/mol. The third-order valence-corrected chi connectivity index (χ3v) is 4.49. The molecule has 1 fully saturated rings. The Balaban J connectivity index is 2.09. The van der Waals surface area contributed by atoms with Crippen LogP contribution in [0.3, 0.4) is 0 Å². The first kappa shape index (κ1) is 13.6. The van der Waals surface area contributed by atoms with Gasteiger partial charge in [-0.1, -0.05) is 31.4 Å². The Morgan fingerprint density at radius 2 is 2.06 bits per heavy atom. The van der Waals surface area contributed by atoms with Gasteiger partial charge >= 0.3 is 0 Å². The van der Waals surface area contributed by atoms with Gasteiger partial charge in [0.05, 0.1) is 5.56 Å². The maximum Gasteiger partial charge on any atom is 0.252 e. The molecule has 1 saturated carbocycles. The zero-order chi connectivity index (χ0) is 13.1. The van der Waals surface area contributed by atoms with Crippen molar-refractivity contribution in [1.29, 1.82) is 0 Å². The molecule has 3 heteroatoms. The van der Waals surface area contributed by atoms with Crippen molar-refractivity contribution >= 4 is 21.8 Å². The van der Waals surface area contributed by atoms with E-state index in [0.29, 0.717) is 12.0 Å². The second-order valence-corrected chi connectivity index (χ2v) is 6.18. The maximum atomic E-state index is 12.3. The minimum Gasteiger partial charge on any atom is -0.349 e. The van der Waals surface area contributed by atoms with E-state index in [2.05, 4.69) is 28.2 Å². The van der Waals surface area contributed by atoms with Crippen LogP contribution in [-0.4, -0.2) is 11.9 Å². The van der Waals surface area contributed by atoms with E-state index in [-0.39, 0.29) is 5.91 Å². The first-order valence-electron chi connectivity index (χ1n) is 6.65. The summed E-state index contributed by atoms with van der Waals surface area (Å²) in [5.41, 5.74) is 1.85. The number of benzene rings is 1. The van der Waals surface area contributed by atoms with Crippen molar-refractivity contribution in [3.8, 4) is 0 Å². The second-order valence-electron chi connectivity index (χ2n) is 5.32. The van der Waals surface area contributed by atoms with Crippen molar-refractivity contribution < 1.29 is 4.79 Å². The molecule has 1 aromatic carbocycles. The molecular formula is C15H20BrNO. The molecule has 1 N–H and O–H groups in total. The summed E-state index contributed by atoms with van der Waals surface area (Å²) >= 11 is 3.45. The predicted octanol–water partition coefficient (Wildman–Crippen LogP) is 4.07. The lowest BCUT2D eigenvalue weighted by molar-refractivity contribution is 0.0909. The molecule has 2 nitrogen and oxygen atoms in total. The summed E-state index contributed by atoms with van der Waals surface area (Å²) in [6.45, 7) is 4.24. The molecule has 2 atom stereocenters. The monoisotopic (exact) mass is 309 g/mol. The normalized spacial score (nSPS) is 23.7. The molecule has 18 heavy (non-hydrogen) atoms. The van der Waals surface area contributed by atoms with Crippen molar-refractivity contribution in [3.63, 3.8) is 0 Å². The maximum absolute atomic E-state index is 12.3. The van der Waals surface area contributed by atoms with E-state index >= 15 is 0 Å². The molecule has 0 aromatic heterocycles. The molecular weight excluding hydrogens is 290 g/mol. The van der Waals surface area contributed by atoms with Crippen molar-refractivity contribution in [2.75, 3.05) is 0 Å². The van der Waals surface area contributed by atoms with Gasteiger partial charge in [0.1, 0.15) is 0 Å². The van der Waals surface area contributed by atoms with Crippen molar-refractivity contribution in [1.82, 2.24) is 5.32 Å². The van der Waals surface area contributed by atoms with E-state index in [1.54, 1.807) is 0 Å². The number of rotatable bonds is 2. The minimum atomic E-state index is 0.0457. The quantitative estimate of drug-likeness (QED) is 0.876. The van der Waals surface area contributed by atoms with Gasteiger partial charge in [-0.25, -0.2) is 0 Å². The van der Waals surface area contributed by atoms with Crippen molar-refractivity contribution in [2.45, 2.75) is 45.6 Å². The number of hydrogen-bond donors (Lipinski definition) is 1. The van der Waals surface area contributed by atoms with Crippen LogP contribution in [0.15, 0.2) is 22.7 Å². The summed E-state index contributed by atoms with van der Waals surface area (Å²) in [4.78, 5) is 12.3. The fourth-order valence-electron chi connectivity index (χ4n) is 2.59. The molecule has 0 saturated heterocycles. The van der Waals surface area contributed by atoms with Crippen LogP contribution in [0.4, 0.5) is 0 Å². The van der Waals surface area contributed by atoms with Crippen LogP contribution < -0.4 is 5.32 Å². The van der Waals surface area contributed by atoms with Gasteiger partial charge < -0.3 is 5.32 Å². The fraction of sp³-hybridized carbons (Fsp3) is 0.533. The molecule has 0 bridgehead atoms. The van der Waals surface area contributed by atoms with Gasteiger partial charge in [-0.05, 0) is 53.7 Å². The van der Waals surface area contributed by atoms with Gasteiger partial charge in [0.25, 0.3) is 5.91 Å². The van der Waals surface area contributed by atoms with E-state index < -0.39 is 0 Å². The molecule has 1 aliphatic carbocycles. The summed E-state index contributed by atoms with van der Waals surface area (Å²) in [6, 6.07) is 6.21. The zero-order valence-electron chi connectivity index (χ0n) is 11.0. The summed E-state index contributed by atoms with van der Waals surface area (Å²) in [5.74, 6) is 0.635. The topological polar surface area (TPSA) is 29.1 Å². The Labute approximate surface area is 117 Å². The summed E-state index contributed by atoms with van der Waals surface area (Å²) in [5, 5.41) is 3.18. The van der Waals surface area contributed by atoms with Crippen LogP contribution in [0.25, 0.3) is 0 Å². The highest BCUT2D eigenvalue weighted by Crippen LogP contribution is 2.25. The molecule has 0 heterocycles. The number of amides is 1. The zero-order valence-corrected chi connectivity index (χ0v) is 12.6. The average molecular weight is 310 g/mol. The second kappa shape index (κ2) is 5.87. The molecule has 0 spiro atoms. The standard InChI is InChI=1S/C15H20BrNO/c1-10-7-8-13(16)12(9-10)15(18)17-14-6-4-3-5-11(14)2/h7-9,11,14H,3-6H2,1-2H3,(H,17,18). The van der Waals surface area contributed by atoms with Gasteiger partial charge in [0.15, 0.2) is 0 Å². The van der Waals surface area contributed by atoms with Crippen LogP contribution in [-0.2, 0) is 0 Å². The SMILES string of the molecule is Cc1ccc(Br)c(C(=O)NC2CCCCC2C)c1. The van der Waals surface area contributed by atoms with E-state index in [0.717, 1.165) is 22.0 Å². The number of nitrogens with one attached hydrogen (secondary N) is 1. The molecule has 1 amide bonds. The van der Waals surface area contributed by atoms with Crippen LogP contribution >= 0.6 is 15.9 Å². The van der Waals surface area contributed by atoms with E-state index in [4.69, 9.17) is 0 Å². The Kier molecular flexibility index (Phi) is 4.44. The smallest absolute Gasteiger partial charge is 0.252 e. The molecule has 1 aromatic rings. The summed E-state index contributed by atoms with van der Waals surface area (Å²) in [7, 11) is 0. The van der Waals surface area contributed by atoms with Gasteiger partial charge in [0.2, 0.25) is 0 Å². The van der Waals surface area contributed by atoms with Gasteiger partial charge in [-0.3, -0.25) is 4.79 Å². The molecule has 98 valence electrons. The lowest BCUT2D eigenvalue weighted by atomic mass is 9.86. The number of halogens is 1. The van der Waals surface area contributed by atoms with Crippen molar-refractivity contribution in [3.05, 3.63) is 33.8 Å². The summed E-state index contributed by atoms with van der Waals surface area (Å²) < 4.78 is 0.870. The molecule has 1 aliphatic rings. The molecule has 2 rings (SSSR count). The number of hydrogen-bond acceptors (Lipinski definition) is 1. The molecule has 2 unspecified atom stereocenters. The van der Waals surface area contributed by atoms with Crippen molar-refractivity contribution in [2.24, 2.45) is 5.92 Å². The third-order valence-electron chi connectivity index (χ3n) is 3.79. The molecule has 0 radical (unpaired) electrons. The minimum absolute atomic E-state index is 0.0457. The van der Waals surface area contributed by atoms with E-state index in [1.807, 2.05) is 25.1 Å². The highest BCUT2D eigenvalue weighted by atomic mass is 79.9. The highest BCUT2D eigenvalue weighted by molar-refractivity contribution is 9.10. The summed E-state index contributed by atoms with van der Waals surface area (Å²) in [6.07, 6.45) is 4.85. The Bertz CT molecular complexity index is 444. The number of carbonyl (C=O) groups is 1. The van der Waals surface area contributed by atoms with Crippen LogP contribution in [0.1, 0.15) is 48.5 Å². The van der Waals surface area contributed by atoms with Gasteiger partial charge in [-0.15, -0.1) is 0 Å². The van der Waals surface area contributed by atoms with Crippen LogP contribution in [0, 0.1) is 12.8 Å².